The lowest BCUT2D eigenvalue weighted by atomic mass is 9.86. The fraction of sp³-hybridized carbons (Fsp3) is 0.625. The topological polar surface area (TPSA) is 15.3 Å². The van der Waals surface area contributed by atoms with Crippen LogP contribution in [0.2, 0.25) is 0 Å². The largest absolute Gasteiger partial charge is 0.370 e. The molecule has 0 aliphatic carbocycles. The number of hydrogen-bond donors (Lipinski definition) is 1. The molecule has 1 aliphatic rings. The van der Waals surface area contributed by atoms with Crippen molar-refractivity contribution in [2.75, 3.05) is 31.1 Å². The zero-order valence-electron chi connectivity index (χ0n) is 12.0. The lowest BCUT2D eigenvalue weighted by molar-refractivity contribution is 0.299. The third-order valence-electron chi connectivity index (χ3n) is 4.21. The molecule has 1 atom stereocenters. The Kier molecular flexibility index (Phi) is 4.28. The summed E-state index contributed by atoms with van der Waals surface area (Å²) in [4.78, 5) is 2.57. The average molecular weight is 246 g/mol. The van der Waals surface area contributed by atoms with E-state index in [0.29, 0.717) is 5.41 Å². The van der Waals surface area contributed by atoms with Crippen LogP contribution in [0.4, 0.5) is 5.69 Å². The number of nitrogens with zero attached hydrogens (tertiary/aromatic N) is 1. The number of hydrogen-bond acceptors (Lipinski definition) is 2. The van der Waals surface area contributed by atoms with Crippen LogP contribution in [-0.2, 0) is 6.42 Å². The first-order chi connectivity index (χ1) is 8.68. The Morgan fingerprint density at radius 1 is 1.28 bits per heavy atom. The molecule has 2 heteroatoms. The Morgan fingerprint density at radius 2 is 2.06 bits per heavy atom. The molecule has 0 spiro atoms. The fourth-order valence-corrected chi connectivity index (χ4v) is 2.75. The number of nitrogens with one attached hydrogen (secondary N) is 1. The van der Waals surface area contributed by atoms with Gasteiger partial charge in [-0.1, -0.05) is 39.0 Å². The van der Waals surface area contributed by atoms with Crippen LogP contribution in [0.5, 0.6) is 0 Å². The molecule has 0 saturated carbocycles. The van der Waals surface area contributed by atoms with Crippen molar-refractivity contribution in [2.45, 2.75) is 33.6 Å². The highest BCUT2D eigenvalue weighted by Gasteiger charge is 2.28. The van der Waals surface area contributed by atoms with E-state index in [1.165, 1.54) is 30.6 Å². The molecule has 0 radical (unpaired) electrons. The van der Waals surface area contributed by atoms with E-state index in [0.717, 1.165) is 19.6 Å². The molecule has 0 fully saturated rings. The van der Waals surface area contributed by atoms with Gasteiger partial charge in [-0.3, -0.25) is 0 Å². The Labute approximate surface area is 111 Å². The molecule has 100 valence electrons. The molecule has 0 bridgehead atoms. The number of anilines is 1. The van der Waals surface area contributed by atoms with Crippen LogP contribution >= 0.6 is 0 Å². The summed E-state index contributed by atoms with van der Waals surface area (Å²) in [5.74, 6) is 0. The second-order valence-electron chi connectivity index (χ2n) is 5.74. The van der Waals surface area contributed by atoms with Crippen molar-refractivity contribution in [1.82, 2.24) is 5.32 Å². The zero-order chi connectivity index (χ0) is 13.0. The molecule has 1 heterocycles. The summed E-state index contributed by atoms with van der Waals surface area (Å²) in [7, 11) is 0. The third kappa shape index (κ3) is 2.86. The second-order valence-corrected chi connectivity index (χ2v) is 5.74. The second kappa shape index (κ2) is 5.75. The molecule has 0 aromatic heterocycles. The highest BCUT2D eigenvalue weighted by Crippen LogP contribution is 2.31. The number of fused-ring (bicyclic) bond motifs is 1. The van der Waals surface area contributed by atoms with E-state index >= 15 is 0 Å². The third-order valence-corrected chi connectivity index (χ3v) is 4.21. The standard InChI is InChI=1S/C16H26N2/c1-4-16(3,12-17-5-2)13-18-11-10-14-8-6-7-9-15(14)18/h6-9,17H,4-5,10-13H2,1-3H3. The SMILES string of the molecule is CCNCC(C)(CC)CN1CCc2ccccc21. The van der Waals surface area contributed by atoms with Gasteiger partial charge in [0.05, 0.1) is 0 Å². The predicted molar refractivity (Wildman–Crippen MR) is 79.3 cm³/mol. The Bertz CT molecular complexity index is 388. The van der Waals surface area contributed by atoms with Crippen molar-refractivity contribution < 1.29 is 0 Å². The average Bonchev–Trinajstić information content (AvgIpc) is 2.80. The molecule has 0 amide bonds. The van der Waals surface area contributed by atoms with E-state index in [-0.39, 0.29) is 0 Å². The highest BCUT2D eigenvalue weighted by molar-refractivity contribution is 5.57. The summed E-state index contributed by atoms with van der Waals surface area (Å²) >= 11 is 0. The number of para-hydroxylation sites is 1. The lowest BCUT2D eigenvalue weighted by Crippen LogP contribution is -2.41. The van der Waals surface area contributed by atoms with Gasteiger partial charge in [-0.15, -0.1) is 0 Å². The normalized spacial score (nSPS) is 17.6. The van der Waals surface area contributed by atoms with E-state index in [1.807, 2.05) is 0 Å². The molecular weight excluding hydrogens is 220 g/mol. The first-order valence-electron chi connectivity index (χ1n) is 7.22. The van der Waals surface area contributed by atoms with Gasteiger partial charge in [0, 0.05) is 25.3 Å². The van der Waals surface area contributed by atoms with Gasteiger partial charge < -0.3 is 10.2 Å². The Hall–Kier alpha value is -1.02. The predicted octanol–water partition coefficient (Wildman–Crippen LogP) is 3.07. The summed E-state index contributed by atoms with van der Waals surface area (Å²) in [6, 6.07) is 8.85. The van der Waals surface area contributed by atoms with Crippen LogP contribution in [0.25, 0.3) is 0 Å². The van der Waals surface area contributed by atoms with Crippen molar-refractivity contribution in [3.05, 3.63) is 29.8 Å². The van der Waals surface area contributed by atoms with Crippen LogP contribution in [0, 0.1) is 5.41 Å². The Balaban J connectivity index is 2.05. The maximum Gasteiger partial charge on any atom is 0.0399 e. The van der Waals surface area contributed by atoms with Crippen LogP contribution in [-0.4, -0.2) is 26.2 Å². The molecule has 18 heavy (non-hydrogen) atoms. The van der Waals surface area contributed by atoms with Crippen LogP contribution in [0.1, 0.15) is 32.8 Å². The van der Waals surface area contributed by atoms with Gasteiger partial charge in [0.25, 0.3) is 0 Å². The molecule has 2 rings (SSSR count). The summed E-state index contributed by atoms with van der Waals surface area (Å²) in [6.45, 7) is 11.4. The monoisotopic (exact) mass is 246 g/mol. The van der Waals surface area contributed by atoms with Crippen LogP contribution in [0.3, 0.4) is 0 Å². The highest BCUT2D eigenvalue weighted by atomic mass is 15.2. The first kappa shape index (κ1) is 13.4. The van der Waals surface area contributed by atoms with Gasteiger partial charge in [0.1, 0.15) is 0 Å². The zero-order valence-corrected chi connectivity index (χ0v) is 12.0. The van der Waals surface area contributed by atoms with E-state index in [9.17, 15) is 0 Å². The maximum atomic E-state index is 3.51. The molecule has 0 saturated heterocycles. The smallest absolute Gasteiger partial charge is 0.0399 e. The van der Waals surface area contributed by atoms with Gasteiger partial charge in [-0.2, -0.15) is 0 Å². The molecular formula is C16H26N2. The molecule has 1 N–H and O–H groups in total. The van der Waals surface area contributed by atoms with Crippen molar-refractivity contribution >= 4 is 5.69 Å². The minimum absolute atomic E-state index is 0.369. The molecule has 1 aromatic carbocycles. The summed E-state index contributed by atoms with van der Waals surface area (Å²) < 4.78 is 0. The van der Waals surface area contributed by atoms with Crippen molar-refractivity contribution in [3.8, 4) is 0 Å². The summed E-state index contributed by atoms with van der Waals surface area (Å²) in [5, 5.41) is 3.51. The van der Waals surface area contributed by atoms with Crippen LogP contribution < -0.4 is 10.2 Å². The molecule has 1 aliphatic heterocycles. The molecule has 2 nitrogen and oxygen atoms in total. The Morgan fingerprint density at radius 3 is 2.78 bits per heavy atom. The lowest BCUT2D eigenvalue weighted by Gasteiger charge is -2.34. The minimum atomic E-state index is 0.369. The van der Waals surface area contributed by atoms with E-state index in [2.05, 4.69) is 55.3 Å². The number of benzene rings is 1. The fourth-order valence-electron chi connectivity index (χ4n) is 2.75. The van der Waals surface area contributed by atoms with Crippen molar-refractivity contribution in [2.24, 2.45) is 5.41 Å². The van der Waals surface area contributed by atoms with Gasteiger partial charge >= 0.3 is 0 Å². The maximum absolute atomic E-state index is 3.51. The van der Waals surface area contributed by atoms with Gasteiger partial charge in [0.2, 0.25) is 0 Å². The van der Waals surface area contributed by atoms with Gasteiger partial charge in [-0.05, 0) is 36.4 Å². The van der Waals surface area contributed by atoms with Gasteiger partial charge in [0.15, 0.2) is 0 Å². The van der Waals surface area contributed by atoms with Crippen molar-refractivity contribution in [1.29, 1.82) is 0 Å². The van der Waals surface area contributed by atoms with E-state index in [4.69, 9.17) is 0 Å². The quantitative estimate of drug-likeness (QED) is 0.830. The summed E-state index contributed by atoms with van der Waals surface area (Å²) in [5.41, 5.74) is 3.33. The first-order valence-corrected chi connectivity index (χ1v) is 7.22. The summed E-state index contributed by atoms with van der Waals surface area (Å²) in [6.07, 6.45) is 2.43. The van der Waals surface area contributed by atoms with Crippen molar-refractivity contribution in [3.63, 3.8) is 0 Å². The molecule has 1 unspecified atom stereocenters. The van der Waals surface area contributed by atoms with Gasteiger partial charge in [-0.25, -0.2) is 0 Å². The van der Waals surface area contributed by atoms with Crippen LogP contribution in [0.15, 0.2) is 24.3 Å². The minimum Gasteiger partial charge on any atom is -0.370 e. The molecule has 1 aromatic rings. The van der Waals surface area contributed by atoms with E-state index in [1.54, 1.807) is 0 Å². The van der Waals surface area contributed by atoms with E-state index < -0.39 is 0 Å². The number of rotatable bonds is 6.